The number of urea groups is 1. The lowest BCUT2D eigenvalue weighted by atomic mass is 10.2. The molecule has 0 aliphatic carbocycles. The molecule has 0 saturated carbocycles. The number of carbonyl (C=O) groups is 1. The number of anilines is 2. The summed E-state index contributed by atoms with van der Waals surface area (Å²) in [5, 5.41) is 6.75. The molecule has 4 aromatic rings. The standard InChI is InChI=1S/C22H21F2N7O2/c23-14-2-1-3-17(19(14)24)31(22(25)32)18-11-26-29-20(18)21-27-15-5-4-13(10-16(15)28-21)12-30-6-8-33-9-7-30/h1-5,10-11H,6-9,12H2,(H2,25,32)(H,26,29)(H,27,28). The van der Waals surface area contributed by atoms with Gasteiger partial charge in [-0.15, -0.1) is 0 Å². The number of ether oxygens (including phenoxy) is 1. The van der Waals surface area contributed by atoms with Crippen LogP contribution >= 0.6 is 0 Å². The number of fused-ring (bicyclic) bond motifs is 1. The van der Waals surface area contributed by atoms with Crippen LogP contribution in [0.25, 0.3) is 22.6 Å². The van der Waals surface area contributed by atoms with Crippen LogP contribution in [0.1, 0.15) is 5.56 Å². The number of hydrogen-bond acceptors (Lipinski definition) is 5. The second kappa shape index (κ2) is 8.60. The van der Waals surface area contributed by atoms with Crippen molar-refractivity contribution in [1.29, 1.82) is 0 Å². The molecular weight excluding hydrogens is 432 g/mol. The van der Waals surface area contributed by atoms with Crippen LogP contribution in [0.2, 0.25) is 0 Å². The number of nitrogens with one attached hydrogen (secondary N) is 2. The third-order valence-electron chi connectivity index (χ3n) is 5.55. The Balaban J connectivity index is 1.50. The monoisotopic (exact) mass is 453 g/mol. The fraction of sp³-hybridized carbons (Fsp3) is 0.227. The van der Waals surface area contributed by atoms with E-state index in [0.29, 0.717) is 17.0 Å². The predicted octanol–water partition coefficient (Wildman–Crippen LogP) is 3.28. The van der Waals surface area contributed by atoms with Crippen molar-refractivity contribution >= 4 is 28.4 Å². The number of halogens is 2. The smallest absolute Gasteiger partial charge is 0.324 e. The summed E-state index contributed by atoms with van der Waals surface area (Å²) in [7, 11) is 0. The molecule has 170 valence electrons. The number of rotatable bonds is 5. The van der Waals surface area contributed by atoms with E-state index in [1.807, 2.05) is 18.2 Å². The number of amides is 2. The molecular formula is C22H21F2N7O2. The largest absolute Gasteiger partial charge is 0.379 e. The molecule has 0 unspecified atom stereocenters. The van der Waals surface area contributed by atoms with E-state index < -0.39 is 17.7 Å². The molecule has 1 aliphatic heterocycles. The van der Waals surface area contributed by atoms with Gasteiger partial charge in [-0.1, -0.05) is 12.1 Å². The molecule has 1 fully saturated rings. The molecule has 11 heteroatoms. The van der Waals surface area contributed by atoms with Gasteiger partial charge in [0.05, 0.1) is 41.8 Å². The average molecular weight is 453 g/mol. The number of aromatic nitrogens is 4. The Morgan fingerprint density at radius 1 is 1.18 bits per heavy atom. The van der Waals surface area contributed by atoms with Crippen LogP contribution in [-0.2, 0) is 11.3 Å². The molecule has 2 aromatic heterocycles. The van der Waals surface area contributed by atoms with Crippen molar-refractivity contribution in [3.8, 4) is 11.5 Å². The Labute approximate surface area is 187 Å². The van der Waals surface area contributed by atoms with Gasteiger partial charge in [-0.05, 0) is 29.8 Å². The van der Waals surface area contributed by atoms with E-state index in [4.69, 9.17) is 10.5 Å². The second-order valence-electron chi connectivity index (χ2n) is 7.70. The molecule has 2 aromatic carbocycles. The van der Waals surface area contributed by atoms with Gasteiger partial charge in [0.15, 0.2) is 17.5 Å². The summed E-state index contributed by atoms with van der Waals surface area (Å²) in [5.41, 5.74) is 8.26. The number of carbonyl (C=O) groups excluding carboxylic acids is 1. The lowest BCUT2D eigenvalue weighted by Crippen LogP contribution is -2.35. The molecule has 0 atom stereocenters. The SMILES string of the molecule is NC(=O)N(c1cn[nH]c1-c1nc2ccc(CN3CCOCC3)cc2[nH]1)c1cccc(F)c1F. The summed E-state index contributed by atoms with van der Waals surface area (Å²) in [6, 6.07) is 8.44. The van der Waals surface area contributed by atoms with E-state index in [9.17, 15) is 13.6 Å². The van der Waals surface area contributed by atoms with Crippen LogP contribution in [0, 0.1) is 11.6 Å². The van der Waals surface area contributed by atoms with Crippen molar-refractivity contribution < 1.29 is 18.3 Å². The first-order chi connectivity index (χ1) is 16.0. The predicted molar refractivity (Wildman–Crippen MR) is 118 cm³/mol. The van der Waals surface area contributed by atoms with E-state index in [1.54, 1.807) is 0 Å². The van der Waals surface area contributed by atoms with Gasteiger partial charge >= 0.3 is 6.03 Å². The third kappa shape index (κ3) is 4.03. The fourth-order valence-electron chi connectivity index (χ4n) is 3.95. The summed E-state index contributed by atoms with van der Waals surface area (Å²) in [5.74, 6) is -1.91. The Kier molecular flexibility index (Phi) is 5.48. The van der Waals surface area contributed by atoms with Crippen molar-refractivity contribution in [2.75, 3.05) is 31.2 Å². The molecule has 3 heterocycles. The number of primary amides is 1. The van der Waals surface area contributed by atoms with Crippen LogP contribution < -0.4 is 10.6 Å². The van der Waals surface area contributed by atoms with Gasteiger partial charge in [-0.3, -0.25) is 14.9 Å². The Morgan fingerprint density at radius 2 is 2.00 bits per heavy atom. The second-order valence-corrected chi connectivity index (χ2v) is 7.70. The quantitative estimate of drug-likeness (QED) is 0.429. The highest BCUT2D eigenvalue weighted by atomic mass is 19.2. The first kappa shape index (κ1) is 21.0. The number of nitrogens with zero attached hydrogens (tertiary/aromatic N) is 4. The minimum absolute atomic E-state index is 0.139. The van der Waals surface area contributed by atoms with E-state index in [2.05, 4.69) is 25.1 Å². The molecule has 0 bridgehead atoms. The van der Waals surface area contributed by atoms with Gasteiger partial charge < -0.3 is 15.5 Å². The van der Waals surface area contributed by atoms with E-state index >= 15 is 0 Å². The molecule has 2 amide bonds. The van der Waals surface area contributed by atoms with Crippen molar-refractivity contribution in [2.45, 2.75) is 6.54 Å². The van der Waals surface area contributed by atoms with Crippen molar-refractivity contribution in [1.82, 2.24) is 25.1 Å². The van der Waals surface area contributed by atoms with E-state index in [1.165, 1.54) is 18.3 Å². The fourth-order valence-corrected chi connectivity index (χ4v) is 3.95. The van der Waals surface area contributed by atoms with Crippen molar-refractivity contribution in [3.63, 3.8) is 0 Å². The normalized spacial score (nSPS) is 14.6. The van der Waals surface area contributed by atoms with Gasteiger partial charge in [-0.2, -0.15) is 5.10 Å². The minimum atomic E-state index is -1.19. The van der Waals surface area contributed by atoms with E-state index in [0.717, 1.165) is 54.9 Å². The molecule has 4 N–H and O–H groups in total. The maximum Gasteiger partial charge on any atom is 0.324 e. The highest BCUT2D eigenvalue weighted by Gasteiger charge is 2.26. The minimum Gasteiger partial charge on any atom is -0.379 e. The highest BCUT2D eigenvalue weighted by Crippen LogP contribution is 2.35. The van der Waals surface area contributed by atoms with Crippen molar-refractivity contribution in [3.05, 3.63) is 59.8 Å². The lowest BCUT2D eigenvalue weighted by Gasteiger charge is -2.26. The van der Waals surface area contributed by atoms with Crippen LogP contribution in [0.15, 0.2) is 42.6 Å². The highest BCUT2D eigenvalue weighted by molar-refractivity contribution is 6.01. The first-order valence-corrected chi connectivity index (χ1v) is 10.4. The first-order valence-electron chi connectivity index (χ1n) is 10.4. The van der Waals surface area contributed by atoms with Crippen LogP contribution in [0.4, 0.5) is 25.0 Å². The molecule has 33 heavy (non-hydrogen) atoms. The number of benzene rings is 2. The Bertz CT molecular complexity index is 1310. The van der Waals surface area contributed by atoms with Gasteiger partial charge in [0, 0.05) is 19.6 Å². The number of morpholine rings is 1. The molecule has 1 aliphatic rings. The maximum atomic E-state index is 14.5. The number of aromatic amines is 2. The summed E-state index contributed by atoms with van der Waals surface area (Å²) in [4.78, 5) is 23.2. The molecule has 0 spiro atoms. The van der Waals surface area contributed by atoms with E-state index in [-0.39, 0.29) is 11.4 Å². The molecule has 0 radical (unpaired) electrons. The number of hydrogen-bond donors (Lipinski definition) is 3. The zero-order valence-electron chi connectivity index (χ0n) is 17.5. The average Bonchev–Trinajstić information content (AvgIpc) is 3.44. The van der Waals surface area contributed by atoms with Crippen LogP contribution in [0.3, 0.4) is 0 Å². The number of imidazole rings is 1. The zero-order valence-corrected chi connectivity index (χ0v) is 17.5. The Hall–Kier alpha value is -3.83. The van der Waals surface area contributed by atoms with Crippen LogP contribution in [0.5, 0.6) is 0 Å². The summed E-state index contributed by atoms with van der Waals surface area (Å²) in [6.07, 6.45) is 1.31. The Morgan fingerprint density at radius 3 is 2.79 bits per heavy atom. The summed E-state index contributed by atoms with van der Waals surface area (Å²) < 4.78 is 33.7. The summed E-state index contributed by atoms with van der Waals surface area (Å²) in [6.45, 7) is 3.99. The molecule has 1 saturated heterocycles. The third-order valence-corrected chi connectivity index (χ3v) is 5.55. The summed E-state index contributed by atoms with van der Waals surface area (Å²) >= 11 is 0. The van der Waals surface area contributed by atoms with Gasteiger partial charge in [0.25, 0.3) is 0 Å². The number of H-pyrrole nitrogens is 2. The zero-order chi connectivity index (χ0) is 22.9. The van der Waals surface area contributed by atoms with Gasteiger partial charge in [0.2, 0.25) is 0 Å². The molecule has 9 nitrogen and oxygen atoms in total. The number of nitrogens with two attached hydrogens (primary N) is 1. The maximum absolute atomic E-state index is 14.5. The van der Waals surface area contributed by atoms with Gasteiger partial charge in [0.1, 0.15) is 5.69 Å². The topological polar surface area (TPSA) is 116 Å². The van der Waals surface area contributed by atoms with Crippen molar-refractivity contribution in [2.24, 2.45) is 5.73 Å². The lowest BCUT2D eigenvalue weighted by molar-refractivity contribution is 0.0342. The van der Waals surface area contributed by atoms with Gasteiger partial charge in [-0.25, -0.2) is 18.6 Å². The molecule has 5 rings (SSSR count). The van der Waals surface area contributed by atoms with Crippen LogP contribution in [-0.4, -0.2) is 57.4 Å².